The van der Waals surface area contributed by atoms with Gasteiger partial charge in [0.2, 0.25) is 5.91 Å². The van der Waals surface area contributed by atoms with Crippen LogP contribution in [0.25, 0.3) is 11.4 Å². The number of aromatic amines is 1. The molecule has 1 heterocycles. The molecule has 6 nitrogen and oxygen atoms in total. The molecule has 1 aromatic heterocycles. The summed E-state index contributed by atoms with van der Waals surface area (Å²) in [6.07, 6.45) is -9.70. The molecule has 1 amide bonds. The van der Waals surface area contributed by atoms with Gasteiger partial charge in [0.05, 0.1) is 23.8 Å². The minimum atomic E-state index is -5.18. The van der Waals surface area contributed by atoms with Crippen LogP contribution in [0.1, 0.15) is 35.2 Å². The van der Waals surface area contributed by atoms with Gasteiger partial charge in [-0.3, -0.25) is 9.59 Å². The van der Waals surface area contributed by atoms with Crippen LogP contribution in [-0.4, -0.2) is 22.0 Å². The quantitative estimate of drug-likeness (QED) is 0.400. The molecule has 0 bridgehead atoms. The Morgan fingerprint density at radius 3 is 2.34 bits per heavy atom. The lowest BCUT2D eigenvalue weighted by Gasteiger charge is -2.34. The number of amides is 1. The summed E-state index contributed by atoms with van der Waals surface area (Å²) in [6, 6.07) is 10.6. The van der Waals surface area contributed by atoms with Gasteiger partial charge in [0.1, 0.15) is 11.6 Å². The van der Waals surface area contributed by atoms with Gasteiger partial charge in [0.15, 0.2) is 5.69 Å². The molecule has 38 heavy (non-hydrogen) atoms. The van der Waals surface area contributed by atoms with E-state index in [0.29, 0.717) is 25.5 Å². The summed E-state index contributed by atoms with van der Waals surface area (Å²) < 4.78 is 101. The van der Waals surface area contributed by atoms with Crippen molar-refractivity contribution >= 4 is 5.91 Å². The molecule has 2 aromatic carbocycles. The minimum absolute atomic E-state index is 0.0498. The molecule has 0 saturated heterocycles. The second-order valence-corrected chi connectivity index (χ2v) is 8.74. The number of carbonyl (C=O) groups excluding carboxylic acids is 1. The fourth-order valence-electron chi connectivity index (χ4n) is 3.98. The van der Waals surface area contributed by atoms with Crippen LogP contribution in [0, 0.1) is 11.7 Å². The van der Waals surface area contributed by atoms with E-state index in [-0.39, 0.29) is 12.2 Å². The van der Waals surface area contributed by atoms with Crippen molar-refractivity contribution < 1.29 is 40.3 Å². The van der Waals surface area contributed by atoms with Crippen molar-refractivity contribution in [3.8, 4) is 11.4 Å². The molecule has 202 valence electrons. The molecule has 1 aliphatic carbocycles. The average Bonchev–Trinajstić information content (AvgIpc) is 2.81. The van der Waals surface area contributed by atoms with Crippen molar-refractivity contribution in [3.63, 3.8) is 0 Å². The van der Waals surface area contributed by atoms with Crippen LogP contribution in [0.2, 0.25) is 0 Å². The highest BCUT2D eigenvalue weighted by Crippen LogP contribution is 2.39. The lowest BCUT2D eigenvalue weighted by molar-refractivity contribution is -0.141. The van der Waals surface area contributed by atoms with E-state index in [9.17, 15) is 35.9 Å². The molecule has 1 fully saturated rings. The number of carbonyl (C=O) groups is 1. The van der Waals surface area contributed by atoms with E-state index < -0.39 is 70.3 Å². The third kappa shape index (κ3) is 6.21. The maximum absolute atomic E-state index is 15.3. The van der Waals surface area contributed by atoms with E-state index in [1.165, 1.54) is 0 Å². The highest BCUT2D eigenvalue weighted by Gasteiger charge is 2.39. The monoisotopic (exact) mass is 543 g/mol. The summed E-state index contributed by atoms with van der Waals surface area (Å²) in [6.45, 7) is -0.171. The van der Waals surface area contributed by atoms with Gasteiger partial charge < -0.3 is 15.0 Å². The van der Waals surface area contributed by atoms with Crippen LogP contribution in [0.5, 0.6) is 0 Å². The molecule has 2 N–H and O–H groups in total. The van der Waals surface area contributed by atoms with Gasteiger partial charge >= 0.3 is 12.4 Å². The molecule has 0 unspecified atom stereocenters. The van der Waals surface area contributed by atoms with Crippen molar-refractivity contribution in [1.82, 2.24) is 15.3 Å². The molecule has 13 heteroatoms. The number of alkyl halides is 6. The number of nitrogens with zero attached hydrogens (tertiary/aromatic N) is 1. The Labute approximate surface area is 210 Å². The first kappa shape index (κ1) is 27.3. The maximum atomic E-state index is 15.3. The molecule has 0 aliphatic heterocycles. The van der Waals surface area contributed by atoms with Crippen LogP contribution < -0.4 is 10.9 Å². The third-order valence-electron chi connectivity index (χ3n) is 6.04. The summed E-state index contributed by atoms with van der Waals surface area (Å²) in [5.74, 6) is -3.73. The second-order valence-electron chi connectivity index (χ2n) is 8.74. The number of H-pyrrole nitrogens is 1. The first-order valence-electron chi connectivity index (χ1n) is 11.3. The molecule has 0 spiro atoms. The molecule has 4 rings (SSSR count). The highest BCUT2D eigenvalue weighted by molar-refractivity contribution is 5.79. The van der Waals surface area contributed by atoms with Gasteiger partial charge in [-0.25, -0.2) is 9.37 Å². The second kappa shape index (κ2) is 10.6. The van der Waals surface area contributed by atoms with E-state index >= 15 is 4.39 Å². The van der Waals surface area contributed by atoms with Crippen LogP contribution in [-0.2, 0) is 35.0 Å². The summed E-state index contributed by atoms with van der Waals surface area (Å²) in [5.41, 5.74) is -5.65. The topological polar surface area (TPSA) is 84.1 Å². The Kier molecular flexibility index (Phi) is 7.58. The molecule has 0 radical (unpaired) electrons. The van der Waals surface area contributed by atoms with Gasteiger partial charge in [0, 0.05) is 24.1 Å². The number of ether oxygens (including phenoxy) is 1. The normalized spacial score (nSPS) is 17.7. The van der Waals surface area contributed by atoms with Gasteiger partial charge in [-0.15, -0.1) is 0 Å². The highest BCUT2D eigenvalue weighted by atomic mass is 19.4. The molecule has 0 atom stereocenters. The average molecular weight is 543 g/mol. The smallest absolute Gasteiger partial charge is 0.373 e. The standard InChI is InChI=1S/C25H20F7N3O3/c26-21-14(11-33-23(37)15-8-16(9-15)38-12-13-4-2-1-3-5-13)6-7-17(24(27,28)29)20(21)22-34-18(25(30,31)32)10-19(36)35-22/h1-7,10,15-16H,8-9,11-12H2,(H,33,37)(H,34,35,36)/t15-,16+. The Morgan fingerprint density at radius 2 is 1.71 bits per heavy atom. The zero-order valence-electron chi connectivity index (χ0n) is 19.4. The van der Waals surface area contributed by atoms with Crippen molar-refractivity contribution in [1.29, 1.82) is 0 Å². The number of aromatic nitrogens is 2. The van der Waals surface area contributed by atoms with Gasteiger partial charge in [-0.2, -0.15) is 26.3 Å². The van der Waals surface area contributed by atoms with Crippen molar-refractivity contribution in [2.45, 2.75) is 44.4 Å². The summed E-state index contributed by atoms with van der Waals surface area (Å²) in [4.78, 5) is 28.9. The van der Waals surface area contributed by atoms with Gasteiger partial charge in [0.25, 0.3) is 5.56 Å². The first-order chi connectivity index (χ1) is 17.8. The lowest BCUT2D eigenvalue weighted by atomic mass is 9.81. The zero-order valence-corrected chi connectivity index (χ0v) is 19.4. The zero-order chi connectivity index (χ0) is 27.7. The largest absolute Gasteiger partial charge is 0.433 e. The van der Waals surface area contributed by atoms with Crippen LogP contribution >= 0.6 is 0 Å². The number of hydrogen-bond acceptors (Lipinski definition) is 4. The van der Waals surface area contributed by atoms with E-state index in [4.69, 9.17) is 4.74 Å². The van der Waals surface area contributed by atoms with E-state index in [0.717, 1.165) is 11.6 Å². The SMILES string of the molecule is O=c1cc(C(F)(F)F)nc(-c2c(C(F)(F)F)ccc(CNC(=O)[C@H]3C[C@@H](OCc4ccccc4)C3)c2F)[nH]1. The fourth-order valence-corrected chi connectivity index (χ4v) is 3.98. The Morgan fingerprint density at radius 1 is 1.03 bits per heavy atom. The van der Waals surface area contributed by atoms with Crippen molar-refractivity contribution in [2.75, 3.05) is 0 Å². The van der Waals surface area contributed by atoms with E-state index in [2.05, 4.69) is 10.3 Å². The first-order valence-corrected chi connectivity index (χ1v) is 11.3. The number of hydrogen-bond donors (Lipinski definition) is 2. The number of rotatable bonds is 7. The Hall–Kier alpha value is -3.74. The third-order valence-corrected chi connectivity index (χ3v) is 6.04. The van der Waals surface area contributed by atoms with Crippen LogP contribution in [0.4, 0.5) is 30.7 Å². The molecule has 1 aliphatic rings. The molecular formula is C25H20F7N3O3. The Balaban J connectivity index is 1.48. The van der Waals surface area contributed by atoms with Crippen molar-refractivity contribution in [3.05, 3.63) is 87.1 Å². The minimum Gasteiger partial charge on any atom is -0.373 e. The van der Waals surface area contributed by atoms with Crippen molar-refractivity contribution in [2.24, 2.45) is 5.92 Å². The summed E-state index contributed by atoms with van der Waals surface area (Å²) >= 11 is 0. The number of halogens is 7. The number of nitrogens with one attached hydrogen (secondary N) is 2. The molecule has 3 aromatic rings. The molecule has 1 saturated carbocycles. The van der Waals surface area contributed by atoms with E-state index in [1.807, 2.05) is 30.3 Å². The lowest BCUT2D eigenvalue weighted by Crippen LogP contribution is -2.42. The number of benzene rings is 2. The summed E-state index contributed by atoms with van der Waals surface area (Å²) in [7, 11) is 0. The predicted octanol–water partition coefficient (Wildman–Crippen LogP) is 5.23. The van der Waals surface area contributed by atoms with Gasteiger partial charge in [-0.05, 0) is 24.5 Å². The maximum Gasteiger partial charge on any atom is 0.433 e. The summed E-state index contributed by atoms with van der Waals surface area (Å²) in [5, 5.41) is 2.43. The van der Waals surface area contributed by atoms with E-state index in [1.54, 1.807) is 4.98 Å². The van der Waals surface area contributed by atoms with Crippen LogP contribution in [0.15, 0.2) is 53.3 Å². The fraction of sp³-hybridized carbons (Fsp3) is 0.320. The molecular weight excluding hydrogens is 523 g/mol. The Bertz CT molecular complexity index is 1370. The predicted molar refractivity (Wildman–Crippen MR) is 120 cm³/mol. The van der Waals surface area contributed by atoms with Crippen LogP contribution in [0.3, 0.4) is 0 Å². The van der Waals surface area contributed by atoms with Gasteiger partial charge in [-0.1, -0.05) is 36.4 Å².